The number of fused-ring (bicyclic) bond motifs is 1. The molecule has 5 rings (SSSR count). The van der Waals surface area contributed by atoms with Gasteiger partial charge in [0.15, 0.2) is 0 Å². The van der Waals surface area contributed by atoms with Crippen LogP contribution in [0.4, 0.5) is 9.18 Å². The molecular formula is C24H19FN4O3S. The van der Waals surface area contributed by atoms with Crippen LogP contribution in [0, 0.1) is 5.82 Å². The highest BCUT2D eigenvalue weighted by Gasteiger charge is 2.41. The van der Waals surface area contributed by atoms with Gasteiger partial charge in [-0.3, -0.25) is 10.1 Å². The first-order valence-electron chi connectivity index (χ1n) is 10.3. The lowest BCUT2D eigenvalue weighted by molar-refractivity contribution is -0.123. The molecule has 1 fully saturated rings. The molecule has 1 saturated heterocycles. The number of rotatable bonds is 6. The molecule has 1 aliphatic heterocycles. The fourth-order valence-corrected chi connectivity index (χ4v) is 4.66. The SMILES string of the molecule is CC1(CCc2ccc(Oc3ncnc4scc(-c5ccc(F)cc5)c34)cc2)NC(=O)NC1=O. The second kappa shape index (κ2) is 8.25. The second-order valence-electron chi connectivity index (χ2n) is 8.00. The highest BCUT2D eigenvalue weighted by atomic mass is 32.1. The van der Waals surface area contributed by atoms with E-state index in [1.54, 1.807) is 19.1 Å². The van der Waals surface area contributed by atoms with E-state index in [1.165, 1.54) is 29.8 Å². The van der Waals surface area contributed by atoms with Crippen molar-refractivity contribution in [3.8, 4) is 22.8 Å². The van der Waals surface area contributed by atoms with Gasteiger partial charge in [-0.05, 0) is 55.2 Å². The standard InChI is InChI=1S/C24H19FN4O3S/c1-24(22(30)28-23(31)29-24)11-10-14-2-8-17(9-3-14)32-20-19-18(12-33-21(19)27-13-26-20)15-4-6-16(25)7-5-15/h2-9,12-13H,10-11H2,1H3,(H2,28,29,30,31). The Balaban J connectivity index is 1.35. The molecule has 0 spiro atoms. The maximum atomic E-state index is 13.4. The van der Waals surface area contributed by atoms with Crippen LogP contribution < -0.4 is 15.4 Å². The van der Waals surface area contributed by atoms with Gasteiger partial charge in [-0.15, -0.1) is 11.3 Å². The maximum absolute atomic E-state index is 13.4. The van der Waals surface area contributed by atoms with Crippen molar-refractivity contribution in [3.63, 3.8) is 0 Å². The van der Waals surface area contributed by atoms with Gasteiger partial charge in [0.05, 0.1) is 5.39 Å². The molecule has 1 aliphatic rings. The van der Waals surface area contributed by atoms with Crippen molar-refractivity contribution in [1.29, 1.82) is 0 Å². The molecule has 2 aromatic carbocycles. The van der Waals surface area contributed by atoms with E-state index in [-0.39, 0.29) is 11.7 Å². The third-order valence-electron chi connectivity index (χ3n) is 5.66. The van der Waals surface area contributed by atoms with E-state index in [0.717, 1.165) is 26.9 Å². The van der Waals surface area contributed by atoms with Crippen LogP contribution in [0.2, 0.25) is 0 Å². The Morgan fingerprint density at radius 2 is 1.82 bits per heavy atom. The molecule has 3 amide bonds. The summed E-state index contributed by atoms with van der Waals surface area (Å²) in [6, 6.07) is 13.3. The smallest absolute Gasteiger partial charge is 0.322 e. The number of aromatic nitrogens is 2. The number of nitrogens with zero attached hydrogens (tertiary/aromatic N) is 2. The molecule has 9 heteroatoms. The minimum atomic E-state index is -0.908. The molecule has 1 atom stereocenters. The summed E-state index contributed by atoms with van der Waals surface area (Å²) in [5.41, 5.74) is 1.84. The Morgan fingerprint density at radius 1 is 1.06 bits per heavy atom. The number of hydrogen-bond acceptors (Lipinski definition) is 6. The summed E-state index contributed by atoms with van der Waals surface area (Å²) in [5, 5.41) is 7.68. The van der Waals surface area contributed by atoms with Crippen LogP contribution in [0.3, 0.4) is 0 Å². The summed E-state index contributed by atoms with van der Waals surface area (Å²) < 4.78 is 19.4. The molecule has 4 aromatic rings. The van der Waals surface area contributed by atoms with Gasteiger partial charge in [-0.1, -0.05) is 24.3 Å². The minimum absolute atomic E-state index is 0.295. The van der Waals surface area contributed by atoms with Crippen LogP contribution in [-0.4, -0.2) is 27.4 Å². The normalized spacial score (nSPS) is 17.8. The Labute approximate surface area is 192 Å². The number of nitrogens with one attached hydrogen (secondary N) is 2. The number of thiophene rings is 1. The number of urea groups is 1. The molecule has 1 unspecified atom stereocenters. The van der Waals surface area contributed by atoms with Crippen molar-refractivity contribution in [3.05, 3.63) is 71.6 Å². The fourth-order valence-electron chi connectivity index (χ4n) is 3.75. The van der Waals surface area contributed by atoms with E-state index in [9.17, 15) is 14.0 Å². The number of ether oxygens (including phenoxy) is 1. The molecule has 0 aliphatic carbocycles. The van der Waals surface area contributed by atoms with Gasteiger partial charge in [-0.2, -0.15) is 0 Å². The van der Waals surface area contributed by atoms with Gasteiger partial charge in [0, 0.05) is 10.9 Å². The number of hydrogen-bond donors (Lipinski definition) is 2. The third-order valence-corrected chi connectivity index (χ3v) is 6.55. The monoisotopic (exact) mass is 462 g/mol. The van der Waals surface area contributed by atoms with E-state index in [4.69, 9.17) is 4.74 Å². The number of imide groups is 1. The summed E-state index contributed by atoms with van der Waals surface area (Å²) >= 11 is 1.47. The molecule has 0 bridgehead atoms. The summed E-state index contributed by atoms with van der Waals surface area (Å²) in [7, 11) is 0. The zero-order valence-corrected chi connectivity index (χ0v) is 18.4. The Morgan fingerprint density at radius 3 is 2.52 bits per heavy atom. The molecule has 7 nitrogen and oxygen atoms in total. The first-order chi connectivity index (χ1) is 15.9. The number of benzene rings is 2. The Hall–Kier alpha value is -3.85. The lowest BCUT2D eigenvalue weighted by Gasteiger charge is -2.20. The van der Waals surface area contributed by atoms with E-state index < -0.39 is 11.6 Å². The van der Waals surface area contributed by atoms with Gasteiger partial charge in [0.1, 0.15) is 28.3 Å². The van der Waals surface area contributed by atoms with Crippen molar-refractivity contribution >= 4 is 33.5 Å². The van der Waals surface area contributed by atoms with Crippen LogP contribution in [0.1, 0.15) is 18.9 Å². The molecule has 2 N–H and O–H groups in total. The number of carbonyl (C=O) groups excluding carboxylic acids is 2. The van der Waals surface area contributed by atoms with Crippen molar-refractivity contribution in [1.82, 2.24) is 20.6 Å². The summed E-state index contributed by atoms with van der Waals surface area (Å²) in [5.74, 6) is 0.420. The van der Waals surface area contributed by atoms with Crippen LogP contribution >= 0.6 is 11.3 Å². The van der Waals surface area contributed by atoms with Crippen LogP contribution in [0.25, 0.3) is 21.3 Å². The first-order valence-corrected chi connectivity index (χ1v) is 11.2. The number of aryl methyl sites for hydroxylation is 1. The molecule has 0 radical (unpaired) electrons. The first kappa shape index (κ1) is 21.0. The average molecular weight is 463 g/mol. The predicted molar refractivity (Wildman–Crippen MR) is 123 cm³/mol. The lowest BCUT2D eigenvalue weighted by atomic mass is 9.93. The van der Waals surface area contributed by atoms with E-state index in [2.05, 4.69) is 20.6 Å². The molecule has 0 saturated carbocycles. The average Bonchev–Trinajstić information content (AvgIpc) is 3.35. The van der Waals surface area contributed by atoms with Crippen molar-refractivity contribution in [2.24, 2.45) is 0 Å². The topological polar surface area (TPSA) is 93.2 Å². The van der Waals surface area contributed by atoms with E-state index >= 15 is 0 Å². The Kier molecular flexibility index (Phi) is 5.26. The van der Waals surface area contributed by atoms with Gasteiger partial charge in [0.2, 0.25) is 5.88 Å². The lowest BCUT2D eigenvalue weighted by Crippen LogP contribution is -2.43. The van der Waals surface area contributed by atoms with Crippen molar-refractivity contribution in [2.75, 3.05) is 0 Å². The maximum Gasteiger partial charge on any atom is 0.322 e. The van der Waals surface area contributed by atoms with E-state index in [0.29, 0.717) is 24.5 Å². The fraction of sp³-hybridized carbons (Fsp3) is 0.167. The summed E-state index contributed by atoms with van der Waals surface area (Å²) in [4.78, 5) is 32.8. The zero-order chi connectivity index (χ0) is 23.0. The molecule has 3 heterocycles. The highest BCUT2D eigenvalue weighted by molar-refractivity contribution is 7.17. The van der Waals surface area contributed by atoms with Crippen LogP contribution in [-0.2, 0) is 11.2 Å². The molecule has 166 valence electrons. The zero-order valence-electron chi connectivity index (χ0n) is 17.6. The second-order valence-corrected chi connectivity index (χ2v) is 8.86. The van der Waals surface area contributed by atoms with E-state index in [1.807, 2.05) is 29.6 Å². The van der Waals surface area contributed by atoms with Crippen molar-refractivity contribution in [2.45, 2.75) is 25.3 Å². The van der Waals surface area contributed by atoms with Crippen molar-refractivity contribution < 1.29 is 18.7 Å². The van der Waals surface area contributed by atoms with Gasteiger partial charge in [-0.25, -0.2) is 19.2 Å². The van der Waals surface area contributed by atoms with Crippen LogP contribution in [0.5, 0.6) is 11.6 Å². The largest absolute Gasteiger partial charge is 0.438 e. The summed E-state index contributed by atoms with van der Waals surface area (Å²) in [6.45, 7) is 1.71. The number of halogens is 1. The van der Waals surface area contributed by atoms with Gasteiger partial charge >= 0.3 is 6.03 Å². The Bertz CT molecular complexity index is 1350. The highest BCUT2D eigenvalue weighted by Crippen LogP contribution is 2.39. The minimum Gasteiger partial charge on any atom is -0.438 e. The van der Waals surface area contributed by atoms with Gasteiger partial charge in [0.25, 0.3) is 5.91 Å². The third kappa shape index (κ3) is 4.14. The van der Waals surface area contributed by atoms with Crippen LogP contribution in [0.15, 0.2) is 60.2 Å². The number of amides is 3. The molecular weight excluding hydrogens is 443 g/mol. The molecule has 2 aromatic heterocycles. The van der Waals surface area contributed by atoms with Gasteiger partial charge < -0.3 is 10.1 Å². The molecule has 33 heavy (non-hydrogen) atoms. The predicted octanol–water partition coefficient (Wildman–Crippen LogP) is 4.82. The number of carbonyl (C=O) groups is 2. The summed E-state index contributed by atoms with van der Waals surface area (Å²) in [6.07, 6.45) is 2.55. The quantitative estimate of drug-likeness (QED) is 0.401.